The van der Waals surface area contributed by atoms with Crippen LogP contribution in [0.25, 0.3) is 0 Å². The molecule has 0 aliphatic carbocycles. The van der Waals surface area contributed by atoms with E-state index in [1.165, 1.54) is 302 Å². The maximum Gasteiger partial charge on any atom is 0.305 e. The summed E-state index contributed by atoms with van der Waals surface area (Å²) in [6.45, 7) is 4.92. The lowest BCUT2D eigenvalue weighted by Crippen LogP contribution is -2.45. The van der Waals surface area contributed by atoms with Gasteiger partial charge in [-0.3, -0.25) is 9.59 Å². The van der Waals surface area contributed by atoms with Gasteiger partial charge in [-0.25, -0.2) is 0 Å². The topological polar surface area (TPSA) is 95.9 Å². The molecule has 0 aliphatic heterocycles. The molecule has 0 spiro atoms. The van der Waals surface area contributed by atoms with Gasteiger partial charge in [0.15, 0.2) is 0 Å². The normalized spacial score (nSPS) is 12.7. The van der Waals surface area contributed by atoms with Gasteiger partial charge in [-0.15, -0.1) is 0 Å². The van der Waals surface area contributed by atoms with E-state index >= 15 is 0 Å². The fourth-order valence-corrected chi connectivity index (χ4v) is 10.6. The van der Waals surface area contributed by atoms with Gasteiger partial charge in [0.1, 0.15) is 0 Å². The summed E-state index contributed by atoms with van der Waals surface area (Å²) in [5.41, 5.74) is 0. The second-order valence-electron chi connectivity index (χ2n) is 23.5. The van der Waals surface area contributed by atoms with Crippen LogP contribution >= 0.6 is 0 Å². The van der Waals surface area contributed by atoms with Crippen molar-refractivity contribution in [3.8, 4) is 0 Å². The smallest absolute Gasteiger partial charge is 0.305 e. The molecule has 0 aromatic rings. The van der Waals surface area contributed by atoms with Crippen LogP contribution in [0.5, 0.6) is 0 Å². The Bertz CT molecular complexity index is 1230. The zero-order valence-electron chi connectivity index (χ0n) is 51.3. The van der Waals surface area contributed by atoms with Crippen molar-refractivity contribution in [1.29, 1.82) is 0 Å². The highest BCUT2D eigenvalue weighted by Gasteiger charge is 2.18. The average molecular weight is 1070 g/mol. The molecule has 1 amide bonds. The number of nitrogens with one attached hydrogen (secondary N) is 1. The number of carbonyl (C=O) groups excluding carboxylic acids is 2. The Labute approximate surface area is 474 Å². The third kappa shape index (κ3) is 61.3. The maximum atomic E-state index is 12.5. The van der Waals surface area contributed by atoms with E-state index in [0.717, 1.165) is 44.9 Å². The van der Waals surface area contributed by atoms with Gasteiger partial charge in [-0.1, -0.05) is 314 Å². The molecule has 0 radical (unpaired) electrons. The highest BCUT2D eigenvalue weighted by molar-refractivity contribution is 5.76. The molecule has 0 aliphatic rings. The van der Waals surface area contributed by atoms with Crippen molar-refractivity contribution in [3.05, 3.63) is 36.5 Å². The molecule has 76 heavy (non-hydrogen) atoms. The number of allylic oxidation sites excluding steroid dienone is 5. The summed E-state index contributed by atoms with van der Waals surface area (Å²) in [6.07, 6.45) is 83.5. The zero-order chi connectivity index (χ0) is 55.0. The molecule has 0 saturated heterocycles. The van der Waals surface area contributed by atoms with Gasteiger partial charge in [-0.05, 0) is 83.5 Å². The first-order valence-electron chi connectivity index (χ1n) is 34.3. The number of hydrogen-bond donors (Lipinski definition) is 3. The van der Waals surface area contributed by atoms with Crippen LogP contribution in [-0.4, -0.2) is 47.4 Å². The van der Waals surface area contributed by atoms with Crippen molar-refractivity contribution < 1.29 is 24.5 Å². The quantitative estimate of drug-likeness (QED) is 0.0320. The second-order valence-corrected chi connectivity index (χ2v) is 23.5. The van der Waals surface area contributed by atoms with Crippen LogP contribution in [0.15, 0.2) is 36.5 Å². The predicted molar refractivity (Wildman–Crippen MR) is 333 cm³/mol. The minimum Gasteiger partial charge on any atom is -0.466 e. The fourth-order valence-electron chi connectivity index (χ4n) is 10.6. The van der Waals surface area contributed by atoms with E-state index in [1.54, 1.807) is 6.08 Å². The lowest BCUT2D eigenvalue weighted by Gasteiger charge is -2.20. The fraction of sp³-hybridized carbons (Fsp3) is 0.886. The van der Waals surface area contributed by atoms with Crippen LogP contribution in [0.3, 0.4) is 0 Å². The van der Waals surface area contributed by atoms with Crippen molar-refractivity contribution in [2.75, 3.05) is 13.2 Å². The summed E-state index contributed by atoms with van der Waals surface area (Å²) in [5, 5.41) is 23.2. The van der Waals surface area contributed by atoms with Gasteiger partial charge in [0.05, 0.1) is 25.4 Å². The average Bonchev–Trinajstić information content (AvgIpc) is 3.42. The molecular weight excluding hydrogens is 935 g/mol. The minimum atomic E-state index is -0.848. The van der Waals surface area contributed by atoms with Crippen LogP contribution in [0.4, 0.5) is 0 Å². The van der Waals surface area contributed by atoms with Crippen molar-refractivity contribution in [2.45, 2.75) is 386 Å². The van der Waals surface area contributed by atoms with Crippen molar-refractivity contribution in [1.82, 2.24) is 5.32 Å². The minimum absolute atomic E-state index is 0.00480. The molecule has 0 saturated carbocycles. The van der Waals surface area contributed by atoms with Crippen LogP contribution in [0.1, 0.15) is 373 Å². The van der Waals surface area contributed by atoms with Crippen molar-refractivity contribution >= 4 is 11.9 Å². The number of ether oxygens (including phenoxy) is 1. The first kappa shape index (κ1) is 74.1. The molecule has 0 bridgehead atoms. The van der Waals surface area contributed by atoms with E-state index in [-0.39, 0.29) is 18.5 Å². The van der Waals surface area contributed by atoms with Gasteiger partial charge in [0.25, 0.3) is 0 Å². The molecule has 0 aromatic heterocycles. The Balaban J connectivity index is 3.43. The molecular formula is C70H133NO5. The van der Waals surface area contributed by atoms with Gasteiger partial charge in [0, 0.05) is 12.8 Å². The van der Waals surface area contributed by atoms with Crippen LogP contribution in [0.2, 0.25) is 0 Å². The number of unbranched alkanes of at least 4 members (excludes halogenated alkanes) is 49. The molecule has 0 aromatic carbocycles. The van der Waals surface area contributed by atoms with Gasteiger partial charge < -0.3 is 20.3 Å². The predicted octanol–water partition coefficient (Wildman–Crippen LogP) is 21.9. The third-order valence-corrected chi connectivity index (χ3v) is 15.9. The summed E-state index contributed by atoms with van der Waals surface area (Å²) in [4.78, 5) is 24.6. The van der Waals surface area contributed by atoms with Gasteiger partial charge in [0.2, 0.25) is 5.91 Å². The molecule has 0 rings (SSSR count). The molecule has 3 N–H and O–H groups in total. The van der Waals surface area contributed by atoms with Crippen molar-refractivity contribution in [2.24, 2.45) is 0 Å². The zero-order valence-corrected chi connectivity index (χ0v) is 51.3. The lowest BCUT2D eigenvalue weighted by molar-refractivity contribution is -0.143. The van der Waals surface area contributed by atoms with Crippen LogP contribution in [-0.2, 0) is 14.3 Å². The largest absolute Gasteiger partial charge is 0.466 e. The van der Waals surface area contributed by atoms with E-state index in [1.807, 2.05) is 6.08 Å². The Morgan fingerprint density at radius 2 is 0.618 bits per heavy atom. The molecule has 2 unspecified atom stereocenters. The highest BCUT2D eigenvalue weighted by Crippen LogP contribution is 2.18. The van der Waals surface area contributed by atoms with Gasteiger partial charge in [-0.2, -0.15) is 0 Å². The summed E-state index contributed by atoms with van der Waals surface area (Å²) in [6, 6.07) is -0.631. The van der Waals surface area contributed by atoms with Crippen molar-refractivity contribution in [3.63, 3.8) is 0 Å². The number of carbonyl (C=O) groups is 2. The number of amides is 1. The molecule has 0 heterocycles. The Morgan fingerprint density at radius 1 is 0.355 bits per heavy atom. The molecule has 0 fully saturated rings. The van der Waals surface area contributed by atoms with Crippen LogP contribution in [0, 0.1) is 0 Å². The summed E-state index contributed by atoms with van der Waals surface area (Å²) in [7, 11) is 0. The molecule has 2 atom stereocenters. The summed E-state index contributed by atoms with van der Waals surface area (Å²) < 4.78 is 5.48. The van der Waals surface area contributed by atoms with E-state index in [4.69, 9.17) is 4.74 Å². The SMILES string of the molecule is CCCCCCC/C=C\CCCCCCCC(=O)OCCCCCCCCCCCCCC/C=C\CCCCCCCCCCCC(=O)NC(CO)C(O)/C=C/CCCCCCCCCCCCCCCCCCCC. The monoisotopic (exact) mass is 1070 g/mol. The molecule has 6 heteroatoms. The maximum absolute atomic E-state index is 12.5. The second kappa shape index (κ2) is 65.6. The van der Waals surface area contributed by atoms with Crippen LogP contribution < -0.4 is 5.32 Å². The highest BCUT2D eigenvalue weighted by atomic mass is 16.5. The summed E-state index contributed by atoms with van der Waals surface area (Å²) in [5.74, 6) is -0.0632. The number of aliphatic hydroxyl groups is 2. The Kier molecular flexibility index (Phi) is 63.9. The number of rotatable bonds is 64. The van der Waals surface area contributed by atoms with E-state index in [2.05, 4.69) is 43.5 Å². The first-order chi connectivity index (χ1) is 37.5. The number of hydrogen-bond acceptors (Lipinski definition) is 5. The number of esters is 1. The van der Waals surface area contributed by atoms with E-state index < -0.39 is 12.1 Å². The van der Waals surface area contributed by atoms with E-state index in [0.29, 0.717) is 19.4 Å². The Hall–Kier alpha value is -1.92. The van der Waals surface area contributed by atoms with E-state index in [9.17, 15) is 19.8 Å². The third-order valence-electron chi connectivity index (χ3n) is 15.9. The van der Waals surface area contributed by atoms with Gasteiger partial charge >= 0.3 is 5.97 Å². The number of aliphatic hydroxyl groups excluding tert-OH is 2. The lowest BCUT2D eigenvalue weighted by atomic mass is 10.0. The summed E-state index contributed by atoms with van der Waals surface area (Å²) >= 11 is 0. The first-order valence-corrected chi connectivity index (χ1v) is 34.3. The standard InChI is InChI=1S/C70H133NO5/c1-3-5-7-9-11-13-15-17-19-20-21-29-32-35-38-42-46-50-54-58-62-68(73)67(66-72)71-69(74)63-59-55-51-47-43-39-36-33-30-27-25-23-22-24-26-28-31-34-37-41-45-49-53-57-61-65-76-70(75)64-60-56-52-48-44-40-18-16-14-12-10-8-6-4-2/h16,18,23,25,58,62,67-68,72-73H,3-15,17,19-22,24,26-57,59-61,63-66H2,1-2H3,(H,71,74)/b18-16-,25-23-,62-58+. The Morgan fingerprint density at radius 3 is 0.934 bits per heavy atom. The molecule has 6 nitrogen and oxygen atoms in total. The molecule has 448 valence electrons.